The Balaban J connectivity index is 1.44. The van der Waals surface area contributed by atoms with Gasteiger partial charge in [-0.1, -0.05) is 25.1 Å². The summed E-state index contributed by atoms with van der Waals surface area (Å²) in [4.78, 5) is 19.7. The molecule has 5 rings (SSSR count). The van der Waals surface area contributed by atoms with Crippen LogP contribution >= 0.6 is 0 Å². The number of alkyl halides is 3. The molecule has 2 aliphatic rings. The molecule has 14 heteroatoms. The maximum atomic E-state index is 15.0. The van der Waals surface area contributed by atoms with Crippen molar-refractivity contribution in [3.05, 3.63) is 60.0 Å². The third-order valence-corrected chi connectivity index (χ3v) is 9.21. The van der Waals surface area contributed by atoms with Gasteiger partial charge in [-0.25, -0.2) is 18.1 Å². The van der Waals surface area contributed by atoms with E-state index in [0.717, 1.165) is 17.2 Å². The smallest absolute Gasteiger partial charge is 0.394 e. The van der Waals surface area contributed by atoms with Gasteiger partial charge >= 0.3 is 6.18 Å². The molecule has 0 radical (unpaired) electrons. The van der Waals surface area contributed by atoms with E-state index in [-0.39, 0.29) is 59.8 Å². The Morgan fingerprint density at radius 3 is 2.43 bits per heavy atom. The van der Waals surface area contributed by atoms with Gasteiger partial charge in [0.05, 0.1) is 28.5 Å². The number of carbonyl (C=O) groups excluding carboxylic acids is 1. The minimum Gasteiger partial charge on any atom is -0.476 e. The Labute approximate surface area is 240 Å². The highest BCUT2D eigenvalue weighted by Gasteiger charge is 2.62. The molecule has 1 aliphatic heterocycles. The van der Waals surface area contributed by atoms with Crippen LogP contribution in [0.5, 0.6) is 5.88 Å². The average molecular weight is 610 g/mol. The second-order valence-electron chi connectivity index (χ2n) is 11.6. The van der Waals surface area contributed by atoms with Crippen LogP contribution in [0.15, 0.2) is 53.4 Å². The molecular weight excluding hydrogens is 578 g/mol. The number of rotatable bonds is 9. The van der Waals surface area contributed by atoms with Crippen molar-refractivity contribution in [2.75, 3.05) is 18.1 Å². The zero-order chi connectivity index (χ0) is 30.5. The van der Waals surface area contributed by atoms with Crippen LogP contribution < -0.4 is 14.4 Å². The Morgan fingerprint density at radius 1 is 1.14 bits per heavy atom. The molecule has 1 amide bonds. The predicted octanol–water partition coefficient (Wildman–Crippen LogP) is 5.26. The highest BCUT2D eigenvalue weighted by atomic mass is 32.2. The molecule has 2 aromatic heterocycles. The molecular formula is C28H31F4N5O4S. The summed E-state index contributed by atoms with van der Waals surface area (Å²) in [6.45, 7) is 6.17. The molecule has 0 bridgehead atoms. The highest BCUT2D eigenvalue weighted by molar-refractivity contribution is 7.90. The number of nitrogens with one attached hydrogen (secondary N) is 1. The summed E-state index contributed by atoms with van der Waals surface area (Å²) in [7, 11) is -4.19. The van der Waals surface area contributed by atoms with E-state index in [4.69, 9.17) is 4.74 Å². The first-order valence-corrected chi connectivity index (χ1v) is 15.0. The van der Waals surface area contributed by atoms with Crippen LogP contribution in [-0.2, 0) is 10.0 Å². The monoisotopic (exact) mass is 609 g/mol. The average Bonchev–Trinajstić information content (AvgIpc) is 3.54. The fourth-order valence-electron chi connectivity index (χ4n) is 5.48. The summed E-state index contributed by atoms with van der Waals surface area (Å²) in [5.41, 5.74) is -2.26. The normalized spacial score (nSPS) is 19.5. The number of aromatic nitrogens is 3. The topological polar surface area (TPSA) is 106 Å². The Bertz CT molecular complexity index is 1590. The SMILES string of the molecule is C[C@@H]1CN(c2nc(-n3nc(OCCC4(C(F)(F)F)CC4)cc3F)ccc2C(=O)NS(=O)(=O)c2ccccc2)C(C)(C)C1. The molecule has 0 unspecified atom stereocenters. The lowest BCUT2D eigenvalue weighted by molar-refractivity contribution is -0.190. The fraction of sp³-hybridized carbons (Fsp3) is 0.464. The number of halogens is 4. The van der Waals surface area contributed by atoms with Crippen LogP contribution in [0.1, 0.15) is 56.8 Å². The minimum absolute atomic E-state index is 0.0240. The van der Waals surface area contributed by atoms with E-state index in [1.165, 1.54) is 36.4 Å². The maximum Gasteiger partial charge on any atom is 0.394 e. The molecule has 1 atom stereocenters. The molecule has 3 heterocycles. The summed E-state index contributed by atoms with van der Waals surface area (Å²) in [6, 6.07) is 11.0. The third-order valence-electron chi connectivity index (χ3n) is 7.86. The number of hydrogen-bond acceptors (Lipinski definition) is 7. The van der Waals surface area contributed by atoms with Crippen molar-refractivity contribution in [2.45, 2.75) is 63.1 Å². The number of carbonyl (C=O) groups is 1. The van der Waals surface area contributed by atoms with E-state index >= 15 is 0 Å². The van der Waals surface area contributed by atoms with Gasteiger partial charge in [-0.15, -0.1) is 5.10 Å². The Morgan fingerprint density at radius 2 is 1.83 bits per heavy atom. The molecule has 0 spiro atoms. The molecule has 1 N–H and O–H groups in total. The number of nitrogens with zero attached hydrogens (tertiary/aromatic N) is 4. The summed E-state index contributed by atoms with van der Waals surface area (Å²) in [5.74, 6) is -1.66. The molecule has 9 nitrogen and oxygen atoms in total. The second kappa shape index (κ2) is 10.5. The summed E-state index contributed by atoms with van der Waals surface area (Å²) in [6.07, 6.45) is -3.75. The quantitative estimate of drug-likeness (QED) is 0.330. The van der Waals surface area contributed by atoms with Crippen molar-refractivity contribution in [2.24, 2.45) is 11.3 Å². The van der Waals surface area contributed by atoms with E-state index < -0.39 is 39.0 Å². The highest BCUT2D eigenvalue weighted by Crippen LogP contribution is 2.59. The first-order valence-electron chi connectivity index (χ1n) is 13.5. The number of hydrogen-bond donors (Lipinski definition) is 1. The lowest BCUT2D eigenvalue weighted by Gasteiger charge is -2.34. The van der Waals surface area contributed by atoms with Crippen LogP contribution in [-0.4, -0.2) is 54.0 Å². The summed E-state index contributed by atoms with van der Waals surface area (Å²) >= 11 is 0. The second-order valence-corrected chi connectivity index (χ2v) is 13.3. The largest absolute Gasteiger partial charge is 0.476 e. The number of anilines is 1. The van der Waals surface area contributed by atoms with E-state index in [9.17, 15) is 30.8 Å². The summed E-state index contributed by atoms with van der Waals surface area (Å²) < 4.78 is 88.6. The number of ether oxygens (including phenoxy) is 1. The van der Waals surface area contributed by atoms with Crippen molar-refractivity contribution < 1.29 is 35.5 Å². The molecule has 3 aromatic rings. The fourth-order valence-corrected chi connectivity index (χ4v) is 6.47. The molecule has 1 saturated heterocycles. The van der Waals surface area contributed by atoms with Crippen molar-refractivity contribution in [3.8, 4) is 11.7 Å². The lowest BCUT2D eigenvalue weighted by Crippen LogP contribution is -2.41. The first kappa shape index (κ1) is 29.8. The van der Waals surface area contributed by atoms with Gasteiger partial charge in [0.1, 0.15) is 5.82 Å². The molecule has 1 aliphatic carbocycles. The molecule has 1 saturated carbocycles. The van der Waals surface area contributed by atoms with Crippen molar-refractivity contribution in [1.82, 2.24) is 19.5 Å². The van der Waals surface area contributed by atoms with Gasteiger partial charge in [-0.3, -0.25) is 4.79 Å². The van der Waals surface area contributed by atoms with Crippen LogP contribution in [0.4, 0.5) is 23.4 Å². The van der Waals surface area contributed by atoms with E-state index in [0.29, 0.717) is 6.54 Å². The van der Waals surface area contributed by atoms with Gasteiger partial charge < -0.3 is 9.64 Å². The van der Waals surface area contributed by atoms with Crippen LogP contribution in [0.25, 0.3) is 5.82 Å². The zero-order valence-corrected chi connectivity index (χ0v) is 24.1. The van der Waals surface area contributed by atoms with E-state index in [1.54, 1.807) is 6.07 Å². The molecule has 1 aromatic carbocycles. The number of pyridine rings is 1. The number of sulfonamides is 1. The predicted molar refractivity (Wildman–Crippen MR) is 145 cm³/mol. The van der Waals surface area contributed by atoms with E-state index in [1.807, 2.05) is 25.7 Å². The number of amides is 1. The van der Waals surface area contributed by atoms with Gasteiger partial charge in [0.25, 0.3) is 15.9 Å². The van der Waals surface area contributed by atoms with Crippen molar-refractivity contribution >= 4 is 21.7 Å². The van der Waals surface area contributed by atoms with Gasteiger partial charge in [0, 0.05) is 12.1 Å². The van der Waals surface area contributed by atoms with Crippen molar-refractivity contribution in [3.63, 3.8) is 0 Å². The molecule has 2 fully saturated rings. The van der Waals surface area contributed by atoms with Crippen LogP contribution in [0, 0.1) is 17.3 Å². The Hall–Kier alpha value is -3.68. The van der Waals surface area contributed by atoms with Gasteiger partial charge in [-0.05, 0) is 69.7 Å². The first-order chi connectivity index (χ1) is 19.6. The molecule has 226 valence electrons. The maximum absolute atomic E-state index is 15.0. The van der Waals surface area contributed by atoms with Crippen LogP contribution in [0.3, 0.4) is 0 Å². The Kier molecular flexibility index (Phi) is 7.48. The molecule has 42 heavy (non-hydrogen) atoms. The van der Waals surface area contributed by atoms with Crippen molar-refractivity contribution in [1.29, 1.82) is 0 Å². The van der Waals surface area contributed by atoms with Gasteiger partial charge in [0.2, 0.25) is 11.8 Å². The van der Waals surface area contributed by atoms with Crippen LogP contribution in [0.2, 0.25) is 0 Å². The van der Waals surface area contributed by atoms with E-state index in [2.05, 4.69) is 14.8 Å². The standard InChI is InChI=1S/C28H31F4N5O4S/c1-18-16-26(2,3)36(17-18)24-20(25(38)35-42(39,40)19-7-5-4-6-8-19)9-10-22(33-24)37-21(29)15-23(34-37)41-14-13-27(11-12-27)28(30,31)32/h4-10,15,18H,11-14,16-17H2,1-3H3,(H,35,38)/t18-/m0/s1. The summed E-state index contributed by atoms with van der Waals surface area (Å²) in [5, 5.41) is 4.04. The number of benzene rings is 1. The lowest BCUT2D eigenvalue weighted by atomic mass is 9.97. The minimum atomic E-state index is -4.32. The van der Waals surface area contributed by atoms with Gasteiger partial charge in [-0.2, -0.15) is 22.2 Å². The van der Waals surface area contributed by atoms with Gasteiger partial charge in [0.15, 0.2) is 5.82 Å². The third kappa shape index (κ3) is 5.81. The zero-order valence-electron chi connectivity index (χ0n) is 23.3.